The van der Waals surface area contributed by atoms with Crippen LogP contribution in [0.4, 0.5) is 4.79 Å². The molecule has 0 atom stereocenters. The predicted molar refractivity (Wildman–Crippen MR) is 103 cm³/mol. The fourth-order valence-electron chi connectivity index (χ4n) is 3.28. The molecule has 2 aliphatic heterocycles. The molecule has 0 aliphatic carbocycles. The molecule has 2 aromatic rings. The summed E-state index contributed by atoms with van der Waals surface area (Å²) in [5.74, 6) is 1.07. The standard InChI is InChI=1S/C20H24N4O5/c1-20(2,3)29-19(26)24-7-6-14-13(10-24)17(23-22-14)18(25)21-9-12-4-5-15-16(8-12)28-11-27-15/h4-5,8H,6-7,9-11H2,1-3H3,(H,21,25)(H,22,23). The summed E-state index contributed by atoms with van der Waals surface area (Å²) in [4.78, 5) is 26.7. The number of hydrogen-bond donors (Lipinski definition) is 2. The Morgan fingerprint density at radius 3 is 2.86 bits per heavy atom. The smallest absolute Gasteiger partial charge is 0.410 e. The lowest BCUT2D eigenvalue weighted by Crippen LogP contribution is -2.40. The minimum absolute atomic E-state index is 0.207. The van der Waals surface area contributed by atoms with E-state index in [4.69, 9.17) is 14.2 Å². The summed E-state index contributed by atoms with van der Waals surface area (Å²) in [7, 11) is 0. The van der Waals surface area contributed by atoms with Crippen molar-refractivity contribution in [1.82, 2.24) is 20.4 Å². The van der Waals surface area contributed by atoms with E-state index in [-0.39, 0.29) is 19.2 Å². The van der Waals surface area contributed by atoms with Crippen molar-refractivity contribution in [3.05, 3.63) is 40.7 Å². The third-order valence-corrected chi connectivity index (χ3v) is 4.69. The quantitative estimate of drug-likeness (QED) is 0.819. The average molecular weight is 400 g/mol. The van der Waals surface area contributed by atoms with Crippen LogP contribution in [0.15, 0.2) is 18.2 Å². The molecule has 0 fully saturated rings. The zero-order chi connectivity index (χ0) is 20.6. The number of aromatic amines is 1. The van der Waals surface area contributed by atoms with E-state index in [0.717, 1.165) is 16.8 Å². The lowest BCUT2D eigenvalue weighted by atomic mass is 10.1. The predicted octanol–water partition coefficient (Wildman–Crippen LogP) is 2.36. The van der Waals surface area contributed by atoms with Gasteiger partial charge in [0, 0.05) is 30.8 Å². The SMILES string of the molecule is CC(C)(C)OC(=O)N1CCc2[nH]nc(C(=O)NCc3ccc4c(c3)OCO4)c2C1. The van der Waals surface area contributed by atoms with Gasteiger partial charge >= 0.3 is 6.09 Å². The second-order valence-electron chi connectivity index (χ2n) is 8.05. The molecular weight excluding hydrogens is 376 g/mol. The molecule has 2 N–H and O–H groups in total. The average Bonchev–Trinajstić information content (AvgIpc) is 3.30. The fraction of sp³-hybridized carbons (Fsp3) is 0.450. The molecule has 9 nitrogen and oxygen atoms in total. The van der Waals surface area contributed by atoms with Crippen LogP contribution in [-0.2, 0) is 24.2 Å². The van der Waals surface area contributed by atoms with Gasteiger partial charge < -0.3 is 24.4 Å². The second-order valence-corrected chi connectivity index (χ2v) is 8.05. The summed E-state index contributed by atoms with van der Waals surface area (Å²) < 4.78 is 16.1. The van der Waals surface area contributed by atoms with Gasteiger partial charge in [0.2, 0.25) is 6.79 Å². The molecule has 4 rings (SSSR count). The molecule has 0 saturated carbocycles. The maximum atomic E-state index is 12.7. The topological polar surface area (TPSA) is 106 Å². The Kier molecular flexibility index (Phi) is 4.81. The maximum absolute atomic E-state index is 12.7. The van der Waals surface area contributed by atoms with Crippen molar-refractivity contribution in [3.8, 4) is 11.5 Å². The van der Waals surface area contributed by atoms with Crippen LogP contribution in [0.2, 0.25) is 0 Å². The molecule has 0 spiro atoms. The number of nitrogens with one attached hydrogen (secondary N) is 2. The number of benzene rings is 1. The van der Waals surface area contributed by atoms with Gasteiger partial charge in [-0.1, -0.05) is 6.07 Å². The lowest BCUT2D eigenvalue weighted by molar-refractivity contribution is 0.0222. The minimum Gasteiger partial charge on any atom is -0.454 e. The molecule has 1 aromatic carbocycles. The number of carbonyl (C=O) groups is 2. The molecule has 154 valence electrons. The summed E-state index contributed by atoms with van der Waals surface area (Å²) in [6.07, 6.45) is 0.202. The highest BCUT2D eigenvalue weighted by molar-refractivity contribution is 5.94. The number of aromatic nitrogens is 2. The third kappa shape index (κ3) is 4.13. The van der Waals surface area contributed by atoms with Crippen LogP contribution in [0.1, 0.15) is 48.1 Å². The van der Waals surface area contributed by atoms with Crippen LogP contribution < -0.4 is 14.8 Å². The van der Waals surface area contributed by atoms with E-state index in [1.807, 2.05) is 39.0 Å². The normalized spacial score (nSPS) is 15.1. The molecule has 1 aromatic heterocycles. The van der Waals surface area contributed by atoms with Crippen molar-refractivity contribution in [2.45, 2.75) is 45.9 Å². The number of H-pyrrole nitrogens is 1. The Hall–Kier alpha value is -3.23. The lowest BCUT2D eigenvalue weighted by Gasteiger charge is -2.30. The summed E-state index contributed by atoms with van der Waals surface area (Å²) in [6.45, 7) is 6.81. The first-order valence-corrected chi connectivity index (χ1v) is 9.51. The first-order valence-electron chi connectivity index (χ1n) is 9.51. The Balaban J connectivity index is 1.42. The van der Waals surface area contributed by atoms with E-state index >= 15 is 0 Å². The number of rotatable bonds is 3. The van der Waals surface area contributed by atoms with Crippen LogP contribution in [0.25, 0.3) is 0 Å². The van der Waals surface area contributed by atoms with Gasteiger partial charge in [0.25, 0.3) is 5.91 Å². The van der Waals surface area contributed by atoms with E-state index in [0.29, 0.717) is 36.7 Å². The van der Waals surface area contributed by atoms with Gasteiger partial charge in [0.05, 0.1) is 6.54 Å². The van der Waals surface area contributed by atoms with Crippen molar-refractivity contribution < 1.29 is 23.8 Å². The van der Waals surface area contributed by atoms with Crippen molar-refractivity contribution >= 4 is 12.0 Å². The largest absolute Gasteiger partial charge is 0.454 e. The van der Waals surface area contributed by atoms with Crippen molar-refractivity contribution in [3.63, 3.8) is 0 Å². The highest BCUT2D eigenvalue weighted by Gasteiger charge is 2.30. The van der Waals surface area contributed by atoms with Crippen LogP contribution in [0.3, 0.4) is 0 Å². The third-order valence-electron chi connectivity index (χ3n) is 4.69. The molecule has 3 heterocycles. The maximum Gasteiger partial charge on any atom is 0.410 e. The van der Waals surface area contributed by atoms with Crippen LogP contribution in [0, 0.1) is 0 Å². The zero-order valence-electron chi connectivity index (χ0n) is 16.7. The first kappa shape index (κ1) is 19.1. The van der Waals surface area contributed by atoms with E-state index < -0.39 is 11.7 Å². The number of carbonyl (C=O) groups excluding carboxylic acids is 2. The summed E-state index contributed by atoms with van der Waals surface area (Å²) in [5.41, 5.74) is 2.22. The summed E-state index contributed by atoms with van der Waals surface area (Å²) in [5, 5.41) is 9.97. The Bertz CT molecular complexity index is 947. The number of amides is 2. The van der Waals surface area contributed by atoms with Gasteiger partial charge in [-0.3, -0.25) is 9.89 Å². The molecule has 2 aliphatic rings. The highest BCUT2D eigenvalue weighted by Crippen LogP contribution is 2.32. The molecule has 0 bridgehead atoms. The van der Waals surface area contributed by atoms with Gasteiger partial charge in [-0.2, -0.15) is 5.10 Å². The molecule has 0 radical (unpaired) electrons. The summed E-state index contributed by atoms with van der Waals surface area (Å²) in [6, 6.07) is 5.53. The summed E-state index contributed by atoms with van der Waals surface area (Å²) >= 11 is 0. The monoisotopic (exact) mass is 400 g/mol. The van der Waals surface area contributed by atoms with Gasteiger partial charge in [-0.05, 0) is 38.5 Å². The minimum atomic E-state index is -0.571. The van der Waals surface area contributed by atoms with Crippen molar-refractivity contribution in [2.24, 2.45) is 0 Å². The Morgan fingerprint density at radius 2 is 2.07 bits per heavy atom. The van der Waals surface area contributed by atoms with E-state index in [9.17, 15) is 9.59 Å². The molecule has 9 heteroatoms. The Labute approximate surface area is 168 Å². The number of fused-ring (bicyclic) bond motifs is 2. The molecule has 0 unspecified atom stereocenters. The second kappa shape index (κ2) is 7.31. The number of hydrogen-bond acceptors (Lipinski definition) is 6. The molecule has 29 heavy (non-hydrogen) atoms. The van der Waals surface area contributed by atoms with Crippen molar-refractivity contribution in [2.75, 3.05) is 13.3 Å². The van der Waals surface area contributed by atoms with Crippen LogP contribution in [0.5, 0.6) is 11.5 Å². The number of nitrogens with zero attached hydrogens (tertiary/aromatic N) is 2. The van der Waals surface area contributed by atoms with E-state index in [1.165, 1.54) is 0 Å². The van der Waals surface area contributed by atoms with Crippen LogP contribution >= 0.6 is 0 Å². The van der Waals surface area contributed by atoms with Gasteiger partial charge in [0.1, 0.15) is 5.60 Å². The van der Waals surface area contributed by atoms with Gasteiger partial charge in [-0.25, -0.2) is 4.79 Å². The van der Waals surface area contributed by atoms with Crippen LogP contribution in [-0.4, -0.2) is 46.0 Å². The van der Waals surface area contributed by atoms with E-state index in [1.54, 1.807) is 4.90 Å². The highest BCUT2D eigenvalue weighted by atomic mass is 16.7. The Morgan fingerprint density at radius 1 is 1.28 bits per heavy atom. The van der Waals surface area contributed by atoms with Crippen molar-refractivity contribution in [1.29, 1.82) is 0 Å². The van der Waals surface area contributed by atoms with Gasteiger partial charge in [-0.15, -0.1) is 0 Å². The molecule has 2 amide bonds. The first-order chi connectivity index (χ1) is 13.8. The van der Waals surface area contributed by atoms with Gasteiger partial charge in [0.15, 0.2) is 17.2 Å². The molecule has 0 saturated heterocycles. The number of ether oxygens (including phenoxy) is 3. The zero-order valence-corrected chi connectivity index (χ0v) is 16.7. The van der Waals surface area contributed by atoms with E-state index in [2.05, 4.69) is 15.5 Å². The fourth-order valence-corrected chi connectivity index (χ4v) is 3.28. The molecular formula is C20H24N4O5.